The molecule has 4 rings (SSSR count). The molecule has 1 fully saturated rings. The van der Waals surface area contributed by atoms with Gasteiger partial charge in [-0.3, -0.25) is 5.01 Å². The number of rotatable bonds is 11. The Labute approximate surface area is 218 Å². The summed E-state index contributed by atoms with van der Waals surface area (Å²) >= 11 is 0. The van der Waals surface area contributed by atoms with Gasteiger partial charge in [-0.25, -0.2) is 15.8 Å². The first-order valence-electron chi connectivity index (χ1n) is 12.9. The van der Waals surface area contributed by atoms with E-state index in [1.165, 1.54) is 5.56 Å². The first-order chi connectivity index (χ1) is 18.1. The highest BCUT2D eigenvalue weighted by atomic mass is 16.2. The molecule has 1 saturated heterocycles. The molecule has 8 heteroatoms. The molecular weight excluding hydrogens is 462 g/mol. The van der Waals surface area contributed by atoms with Crippen molar-refractivity contribution in [2.75, 3.05) is 6.54 Å². The number of amidine groups is 1. The van der Waals surface area contributed by atoms with Crippen molar-refractivity contribution < 1.29 is 4.79 Å². The van der Waals surface area contributed by atoms with Crippen LogP contribution in [0.3, 0.4) is 0 Å². The van der Waals surface area contributed by atoms with E-state index in [0.717, 1.165) is 48.8 Å². The normalized spacial score (nSPS) is 15.9. The number of nitrogens with zero attached hydrogens (tertiary/aromatic N) is 4. The van der Waals surface area contributed by atoms with Crippen molar-refractivity contribution in [1.82, 2.24) is 15.3 Å². The van der Waals surface area contributed by atoms with Gasteiger partial charge in [0, 0.05) is 18.7 Å². The lowest BCUT2D eigenvalue weighted by Gasteiger charge is -2.22. The van der Waals surface area contributed by atoms with Gasteiger partial charge >= 0.3 is 6.03 Å². The molecule has 0 saturated carbocycles. The van der Waals surface area contributed by atoms with Crippen LogP contribution < -0.4 is 11.3 Å². The van der Waals surface area contributed by atoms with Gasteiger partial charge in [0.15, 0.2) is 5.84 Å². The van der Waals surface area contributed by atoms with E-state index in [0.29, 0.717) is 18.7 Å². The van der Waals surface area contributed by atoms with Crippen molar-refractivity contribution in [2.24, 2.45) is 16.1 Å². The summed E-state index contributed by atoms with van der Waals surface area (Å²) in [6, 6.07) is 26.2. The van der Waals surface area contributed by atoms with Crippen LogP contribution in [0.1, 0.15) is 49.3 Å². The summed E-state index contributed by atoms with van der Waals surface area (Å²) in [6.07, 6.45) is 4.90. The zero-order chi connectivity index (χ0) is 26.0. The molecule has 2 amide bonds. The number of amides is 2. The Hall–Kier alpha value is -4.04. The third-order valence-corrected chi connectivity index (χ3v) is 6.69. The predicted molar refractivity (Wildman–Crippen MR) is 147 cm³/mol. The maximum Gasteiger partial charge on any atom is 0.336 e. The molecule has 192 valence electrons. The highest BCUT2D eigenvalue weighted by molar-refractivity contribution is 6.04. The number of hydrazine groups is 1. The summed E-state index contributed by atoms with van der Waals surface area (Å²) in [6.45, 7) is 3.38. The Morgan fingerprint density at radius 2 is 1.70 bits per heavy atom. The number of hydrazone groups is 1. The van der Waals surface area contributed by atoms with Gasteiger partial charge in [0.05, 0.1) is 0 Å². The van der Waals surface area contributed by atoms with E-state index in [2.05, 4.69) is 46.8 Å². The third-order valence-electron chi connectivity index (χ3n) is 6.69. The van der Waals surface area contributed by atoms with Crippen molar-refractivity contribution in [2.45, 2.75) is 51.7 Å². The lowest BCUT2D eigenvalue weighted by molar-refractivity contribution is 0.181. The van der Waals surface area contributed by atoms with Gasteiger partial charge in [-0.2, -0.15) is 5.10 Å². The van der Waals surface area contributed by atoms with Crippen LogP contribution in [0.2, 0.25) is 0 Å². The molecule has 4 N–H and O–H groups in total. The van der Waals surface area contributed by atoms with Crippen LogP contribution in [0, 0.1) is 5.53 Å². The zero-order valence-corrected chi connectivity index (χ0v) is 21.3. The second-order valence-corrected chi connectivity index (χ2v) is 9.25. The number of nitrogens with two attached hydrogens (primary N) is 1. The maximum absolute atomic E-state index is 13.3. The first-order valence-corrected chi connectivity index (χ1v) is 12.9. The number of hydrogen-bond donors (Lipinski definition) is 3. The van der Waals surface area contributed by atoms with E-state index in [-0.39, 0.29) is 18.0 Å². The Morgan fingerprint density at radius 3 is 2.41 bits per heavy atom. The van der Waals surface area contributed by atoms with E-state index in [1.807, 2.05) is 59.5 Å². The largest absolute Gasteiger partial charge is 0.336 e. The topological polar surface area (TPSA) is 110 Å². The van der Waals surface area contributed by atoms with Crippen molar-refractivity contribution in [3.8, 4) is 11.1 Å². The van der Waals surface area contributed by atoms with Crippen LogP contribution in [-0.4, -0.2) is 34.5 Å². The SMILES string of the molecule is CCCCC1NN(CCCc2ccccc2)C(=O)N1Cc1ccc(-c2ccccc2/C(N=N)=N/N)cc1. The second kappa shape index (κ2) is 12.8. The van der Waals surface area contributed by atoms with E-state index < -0.39 is 0 Å². The number of carbonyl (C=O) groups excluding carboxylic acids is 1. The van der Waals surface area contributed by atoms with Crippen LogP contribution in [0.25, 0.3) is 11.1 Å². The average Bonchev–Trinajstić information content (AvgIpc) is 3.23. The van der Waals surface area contributed by atoms with E-state index >= 15 is 0 Å². The molecule has 1 unspecified atom stereocenters. The van der Waals surface area contributed by atoms with E-state index in [4.69, 9.17) is 11.4 Å². The van der Waals surface area contributed by atoms with Crippen LogP contribution in [0.4, 0.5) is 4.79 Å². The molecular formula is C29H35N7O. The minimum Gasteiger partial charge on any atom is -0.321 e. The fourth-order valence-corrected chi connectivity index (χ4v) is 4.71. The molecule has 1 atom stereocenters. The standard InChI is InChI=1S/C29H35N7O/c1-2-3-15-27-34-36(20-9-12-22-10-5-4-6-11-22)29(37)35(27)21-23-16-18-24(19-17-23)25-13-7-8-14-26(25)28(32-30)33-31/h4-8,10-11,13-14,16-19,27,30,34H,2-3,9,12,15,20-21,31H2,1H3/b32-30?,33-28-. The number of nitrogens with one attached hydrogen (secondary N) is 2. The number of urea groups is 1. The molecule has 0 spiro atoms. The molecule has 1 aliphatic heterocycles. The molecule has 3 aromatic carbocycles. The number of aryl methyl sites for hydroxylation is 1. The minimum atomic E-state index is -0.00781. The van der Waals surface area contributed by atoms with Crippen molar-refractivity contribution in [1.29, 1.82) is 5.53 Å². The Kier molecular flexibility index (Phi) is 8.99. The van der Waals surface area contributed by atoms with Gasteiger partial charge in [-0.05, 0) is 41.5 Å². The van der Waals surface area contributed by atoms with Crippen molar-refractivity contribution in [3.63, 3.8) is 0 Å². The maximum atomic E-state index is 13.3. The highest BCUT2D eigenvalue weighted by Crippen LogP contribution is 2.26. The minimum absolute atomic E-state index is 0.00781. The van der Waals surface area contributed by atoms with Crippen LogP contribution in [0.15, 0.2) is 89.1 Å². The number of carbonyl (C=O) groups is 1. The Morgan fingerprint density at radius 1 is 0.973 bits per heavy atom. The molecule has 1 heterocycles. The molecule has 0 radical (unpaired) electrons. The fraction of sp³-hybridized carbons (Fsp3) is 0.310. The summed E-state index contributed by atoms with van der Waals surface area (Å²) in [5.74, 6) is 5.62. The first kappa shape index (κ1) is 26.0. The van der Waals surface area contributed by atoms with Gasteiger partial charge in [-0.15, -0.1) is 5.11 Å². The number of hydrogen-bond acceptors (Lipinski definition) is 5. The average molecular weight is 498 g/mol. The lowest BCUT2D eigenvalue weighted by Crippen LogP contribution is -2.38. The summed E-state index contributed by atoms with van der Waals surface area (Å²) in [7, 11) is 0. The van der Waals surface area contributed by atoms with Crippen molar-refractivity contribution >= 4 is 11.9 Å². The highest BCUT2D eigenvalue weighted by Gasteiger charge is 2.35. The molecule has 0 aromatic heterocycles. The van der Waals surface area contributed by atoms with E-state index in [9.17, 15) is 4.79 Å². The lowest BCUT2D eigenvalue weighted by atomic mass is 9.98. The van der Waals surface area contributed by atoms with Crippen molar-refractivity contribution in [3.05, 3.63) is 95.6 Å². The third kappa shape index (κ3) is 6.40. The predicted octanol–water partition coefficient (Wildman–Crippen LogP) is 5.90. The van der Waals surface area contributed by atoms with Gasteiger partial charge in [0.25, 0.3) is 0 Å². The van der Waals surface area contributed by atoms with Crippen LogP contribution in [-0.2, 0) is 13.0 Å². The molecule has 0 bridgehead atoms. The summed E-state index contributed by atoms with van der Waals surface area (Å²) in [4.78, 5) is 15.3. The van der Waals surface area contributed by atoms with Crippen LogP contribution in [0.5, 0.6) is 0 Å². The Balaban J connectivity index is 1.45. The molecule has 1 aliphatic rings. The number of unbranched alkanes of at least 4 members (excludes halogenated alkanes) is 1. The molecule has 37 heavy (non-hydrogen) atoms. The number of benzene rings is 3. The zero-order valence-electron chi connectivity index (χ0n) is 21.3. The summed E-state index contributed by atoms with van der Waals surface area (Å²) in [5.41, 5.74) is 15.8. The smallest absolute Gasteiger partial charge is 0.321 e. The monoisotopic (exact) mass is 497 g/mol. The van der Waals surface area contributed by atoms with Gasteiger partial charge in [-0.1, -0.05) is 98.6 Å². The summed E-state index contributed by atoms with van der Waals surface area (Å²) in [5, 5.41) is 8.88. The van der Waals surface area contributed by atoms with Gasteiger partial charge in [0.2, 0.25) is 0 Å². The molecule has 3 aromatic rings. The molecule has 8 nitrogen and oxygen atoms in total. The second-order valence-electron chi connectivity index (χ2n) is 9.25. The van der Waals surface area contributed by atoms with Gasteiger partial charge in [0.1, 0.15) is 6.17 Å². The Bertz CT molecular complexity index is 1210. The fourth-order valence-electron chi connectivity index (χ4n) is 4.71. The molecule has 0 aliphatic carbocycles. The van der Waals surface area contributed by atoms with E-state index in [1.54, 1.807) is 5.01 Å². The van der Waals surface area contributed by atoms with Gasteiger partial charge < -0.3 is 10.7 Å². The quantitative estimate of drug-likeness (QED) is 0.101. The summed E-state index contributed by atoms with van der Waals surface area (Å²) < 4.78 is 0. The van der Waals surface area contributed by atoms with Crippen LogP contribution >= 0.6 is 0 Å².